The van der Waals surface area contributed by atoms with Crippen molar-refractivity contribution in [2.24, 2.45) is 0 Å². The lowest BCUT2D eigenvalue weighted by Crippen LogP contribution is -2.49. The molecule has 0 bridgehead atoms. The van der Waals surface area contributed by atoms with E-state index in [1.54, 1.807) is 37.4 Å². The van der Waals surface area contributed by atoms with Gasteiger partial charge < -0.3 is 63.8 Å². The van der Waals surface area contributed by atoms with Gasteiger partial charge in [-0.15, -0.1) is 0 Å². The number of rotatable bonds is 26. The van der Waals surface area contributed by atoms with Crippen molar-refractivity contribution >= 4 is 68.1 Å². The van der Waals surface area contributed by atoms with Gasteiger partial charge in [0.25, 0.3) is 33.7 Å². The first kappa shape index (κ1) is 57.0. The Kier molecular flexibility index (Phi) is 17.6. The van der Waals surface area contributed by atoms with E-state index in [4.69, 9.17) is 33.2 Å². The molecule has 82 heavy (non-hydrogen) atoms. The zero-order chi connectivity index (χ0) is 57.5. The lowest BCUT2D eigenvalue weighted by atomic mass is 10.1. The molecule has 5 aliphatic heterocycles. The molecule has 0 fully saturated rings. The van der Waals surface area contributed by atoms with Gasteiger partial charge >= 0.3 is 0 Å². The number of carbonyl (C=O) groups is 5. The van der Waals surface area contributed by atoms with Crippen LogP contribution in [0.5, 0.6) is 23.0 Å². The normalized spacial score (nSPS) is 17.6. The van der Waals surface area contributed by atoms with Crippen LogP contribution in [0.15, 0.2) is 103 Å². The van der Waals surface area contributed by atoms with Crippen molar-refractivity contribution in [3.8, 4) is 23.0 Å². The molecule has 5 amide bonds. The molecular formula is C59H65N7O15S. The molecule has 2 unspecified atom stereocenters. The van der Waals surface area contributed by atoms with Gasteiger partial charge in [0.05, 0.1) is 81.8 Å². The molecule has 5 aliphatic rings. The van der Waals surface area contributed by atoms with Crippen LogP contribution in [-0.2, 0) is 64.8 Å². The maximum atomic E-state index is 14.4. The average molecular weight is 1140 g/mol. The number of carbonyl (C=O) groups excluding carboxylic acids is 5. The van der Waals surface area contributed by atoms with Crippen molar-refractivity contribution in [1.82, 2.24) is 10.2 Å². The van der Waals surface area contributed by atoms with Crippen molar-refractivity contribution in [3.05, 3.63) is 137 Å². The van der Waals surface area contributed by atoms with Gasteiger partial charge in [-0.3, -0.25) is 33.4 Å². The molecule has 5 aromatic rings. The molecule has 0 radical (unpaired) electrons. The minimum atomic E-state index is -4.77. The minimum Gasteiger partial charge on any atom is -0.493 e. The van der Waals surface area contributed by atoms with Crippen molar-refractivity contribution in [1.29, 1.82) is 0 Å². The van der Waals surface area contributed by atoms with E-state index < -0.39 is 39.3 Å². The van der Waals surface area contributed by atoms with E-state index in [1.807, 2.05) is 53.4 Å². The van der Waals surface area contributed by atoms with E-state index in [1.165, 1.54) is 43.4 Å². The zero-order valence-corrected chi connectivity index (χ0v) is 46.5. The summed E-state index contributed by atoms with van der Waals surface area (Å²) in [6.45, 7) is 3.17. The molecule has 0 saturated carbocycles. The number of imide groups is 1. The summed E-state index contributed by atoms with van der Waals surface area (Å²) in [6, 6.07) is 26.2. The third-order valence-corrected chi connectivity index (χ3v) is 16.1. The molecule has 5 heterocycles. The van der Waals surface area contributed by atoms with Crippen LogP contribution in [0, 0.1) is 0 Å². The van der Waals surface area contributed by atoms with E-state index in [-0.39, 0.29) is 86.4 Å². The molecule has 3 atom stereocenters. The molecule has 22 nitrogen and oxygen atoms in total. The number of ether oxygens (including phenoxy) is 7. The summed E-state index contributed by atoms with van der Waals surface area (Å²) in [6.07, 6.45) is 3.82. The molecule has 432 valence electrons. The van der Waals surface area contributed by atoms with E-state index >= 15 is 0 Å². The minimum absolute atomic E-state index is 0.0151. The standard InChI is InChI=1S/C59H65N7O15S/c1-75-21-22-79-24-23-78-20-19-63(17-8-13-54(67)60-16-18-64-55(68)14-15-56(64)69)41-26-37(35-80-52-32-45-43(30-50(52)76-2)58(70)65-42(34-61-45)28-39-9-4-6-11-47(39)65)25-38(27-41)36-81-53-33-46-44(31-51(53)77-3)59(71)66-48-12-7-5-10-40(48)29-49(66)57(62-46)82(72,73)74/h4-7,9-12,14-15,25-27,30-33,42,49,57,61-62H,8,13,16-24,28-29,34-36H2,1-3H3,(H,60,67)(H,72,73,74)/t42-,49?,57?/m0/s1. The summed E-state index contributed by atoms with van der Waals surface area (Å²) in [5.41, 5.74) is 6.64. The van der Waals surface area contributed by atoms with Gasteiger partial charge in [-0.2, -0.15) is 8.42 Å². The second-order valence-corrected chi connectivity index (χ2v) is 21.7. The molecule has 5 aromatic carbocycles. The van der Waals surface area contributed by atoms with Crippen LogP contribution in [0.2, 0.25) is 0 Å². The molecule has 23 heteroatoms. The molecular weight excluding hydrogens is 1080 g/mol. The summed E-state index contributed by atoms with van der Waals surface area (Å²) < 4.78 is 78.3. The lowest BCUT2D eigenvalue weighted by Gasteiger charge is -2.27. The van der Waals surface area contributed by atoms with Crippen LogP contribution in [0.1, 0.15) is 55.8 Å². The Bertz CT molecular complexity index is 3380. The Morgan fingerprint density at radius 3 is 1.93 bits per heavy atom. The van der Waals surface area contributed by atoms with Crippen molar-refractivity contribution < 1.29 is 70.1 Å². The predicted molar refractivity (Wildman–Crippen MR) is 304 cm³/mol. The second kappa shape index (κ2) is 25.3. The second-order valence-electron chi connectivity index (χ2n) is 20.2. The van der Waals surface area contributed by atoms with Gasteiger partial charge in [0.15, 0.2) is 28.4 Å². The Morgan fingerprint density at radius 2 is 1.28 bits per heavy atom. The number of para-hydroxylation sites is 2. The predicted octanol–water partition coefficient (Wildman–Crippen LogP) is 5.38. The molecule has 4 N–H and O–H groups in total. The number of nitrogens with one attached hydrogen (secondary N) is 3. The number of hydrogen-bond donors (Lipinski definition) is 4. The Balaban J connectivity index is 0.932. The fourth-order valence-corrected chi connectivity index (χ4v) is 11.9. The van der Waals surface area contributed by atoms with Crippen LogP contribution in [0.4, 0.5) is 28.4 Å². The van der Waals surface area contributed by atoms with Crippen molar-refractivity contribution in [3.63, 3.8) is 0 Å². The highest BCUT2D eigenvalue weighted by atomic mass is 32.2. The number of amides is 5. The number of methoxy groups -OCH3 is 3. The number of nitrogens with zero attached hydrogens (tertiary/aromatic N) is 4. The van der Waals surface area contributed by atoms with Crippen LogP contribution in [-0.4, -0.2) is 152 Å². The van der Waals surface area contributed by atoms with E-state index in [0.717, 1.165) is 27.4 Å². The van der Waals surface area contributed by atoms with Crippen LogP contribution in [0.3, 0.4) is 0 Å². The van der Waals surface area contributed by atoms with E-state index in [0.29, 0.717) is 98.5 Å². The van der Waals surface area contributed by atoms with Gasteiger partial charge in [-0.05, 0) is 84.0 Å². The molecule has 0 spiro atoms. The highest BCUT2D eigenvalue weighted by molar-refractivity contribution is 7.86. The Labute approximate surface area is 474 Å². The van der Waals surface area contributed by atoms with Crippen molar-refractivity contribution in [2.45, 2.75) is 56.4 Å². The number of fused-ring (bicyclic) bond motifs is 8. The van der Waals surface area contributed by atoms with E-state index in [2.05, 4.69) is 20.9 Å². The largest absolute Gasteiger partial charge is 0.493 e. The molecule has 10 rings (SSSR count). The van der Waals surface area contributed by atoms with Gasteiger partial charge in [0.1, 0.15) is 13.2 Å². The first-order valence-electron chi connectivity index (χ1n) is 27.0. The summed E-state index contributed by atoms with van der Waals surface area (Å²) in [4.78, 5) is 72.4. The maximum absolute atomic E-state index is 14.4. The van der Waals surface area contributed by atoms with Gasteiger partial charge in [0, 0.05) is 87.6 Å². The molecule has 0 aliphatic carbocycles. The summed E-state index contributed by atoms with van der Waals surface area (Å²) >= 11 is 0. The first-order valence-corrected chi connectivity index (χ1v) is 28.5. The summed E-state index contributed by atoms with van der Waals surface area (Å²) in [7, 11) is -0.230. The quantitative estimate of drug-likeness (QED) is 0.0308. The summed E-state index contributed by atoms with van der Waals surface area (Å²) in [5, 5.41) is 7.67. The van der Waals surface area contributed by atoms with Crippen LogP contribution in [0.25, 0.3) is 0 Å². The lowest BCUT2D eigenvalue weighted by molar-refractivity contribution is -0.137. The summed E-state index contributed by atoms with van der Waals surface area (Å²) in [5.74, 6) is -0.671. The first-order chi connectivity index (χ1) is 39.7. The smallest absolute Gasteiger partial charge is 0.288 e. The van der Waals surface area contributed by atoms with E-state index in [9.17, 15) is 36.9 Å². The van der Waals surface area contributed by atoms with Crippen LogP contribution < -0.4 is 49.6 Å². The number of hydrogen-bond acceptors (Lipinski definition) is 17. The van der Waals surface area contributed by atoms with Crippen molar-refractivity contribution in [2.75, 3.05) is 112 Å². The van der Waals surface area contributed by atoms with Gasteiger partial charge in [-0.25, -0.2) is 0 Å². The number of anilines is 5. The van der Waals surface area contributed by atoms with Gasteiger partial charge in [0.2, 0.25) is 5.91 Å². The third kappa shape index (κ3) is 12.5. The number of benzene rings is 5. The average Bonchev–Trinajstić information content (AvgIpc) is 3.22. The Hall–Kier alpha value is -8.22. The van der Waals surface area contributed by atoms with Gasteiger partial charge in [-0.1, -0.05) is 36.4 Å². The topological polar surface area (TPSA) is 253 Å². The monoisotopic (exact) mass is 1140 g/mol. The zero-order valence-electron chi connectivity index (χ0n) is 45.7. The third-order valence-electron chi connectivity index (χ3n) is 15.0. The highest BCUT2D eigenvalue weighted by Crippen LogP contribution is 2.44. The molecule has 0 saturated heterocycles. The molecule has 0 aromatic heterocycles. The SMILES string of the molecule is COCCOCCOCCN(CCCC(=O)NCCN1C(=O)C=CC1=O)c1cc(COc2cc3c(cc2OC)C(=O)N2c4ccccc4CC2C(S(=O)(=O)O)N3)cc(COc2cc3c(cc2OC)C(=O)N2c4ccccc4C[C@H]2CN3)c1. The fourth-order valence-electron chi connectivity index (χ4n) is 11.0. The highest BCUT2D eigenvalue weighted by Gasteiger charge is 2.47. The fraction of sp³-hybridized carbons (Fsp3) is 0.373. The maximum Gasteiger partial charge on any atom is 0.288 e. The Morgan fingerprint density at radius 1 is 0.695 bits per heavy atom. The van der Waals surface area contributed by atoms with Crippen LogP contribution >= 0.6 is 0 Å².